The molecular weight excluding hydrogens is 154 g/mol. The molecule has 3 nitrogen and oxygen atoms in total. The largest absolute Gasteiger partial charge is 0.371 e. The number of nitrogens with zero attached hydrogens (tertiary/aromatic N) is 1. The van der Waals surface area contributed by atoms with E-state index in [0.717, 1.165) is 19.4 Å². The molecule has 1 aromatic rings. The van der Waals surface area contributed by atoms with Crippen LogP contribution >= 0.6 is 0 Å². The number of hydrogen-bond donors (Lipinski definition) is 0. The van der Waals surface area contributed by atoms with Gasteiger partial charge in [-0.1, -0.05) is 13.3 Å². The molecule has 1 rings (SSSR count). The molecule has 0 bridgehead atoms. The summed E-state index contributed by atoms with van der Waals surface area (Å²) in [6.07, 6.45) is 2.15. The Hall–Kier alpha value is -1.12. The Morgan fingerprint density at radius 1 is 1.42 bits per heavy atom. The van der Waals surface area contributed by atoms with Crippen molar-refractivity contribution in [1.82, 2.24) is 0 Å². The molecule has 0 aliphatic carbocycles. The summed E-state index contributed by atoms with van der Waals surface area (Å²) in [5.41, 5.74) is -0.143. The monoisotopic (exact) mass is 167 g/mol. The number of rotatable bonds is 4. The molecule has 0 saturated carbocycles. The molecule has 0 aromatic heterocycles. The van der Waals surface area contributed by atoms with Gasteiger partial charge in [-0.15, -0.1) is 0 Å². The maximum Gasteiger partial charge on any atom is 0.249 e. The van der Waals surface area contributed by atoms with Crippen molar-refractivity contribution in [2.24, 2.45) is 0 Å². The summed E-state index contributed by atoms with van der Waals surface area (Å²) < 4.78 is 0. The van der Waals surface area contributed by atoms with Crippen LogP contribution in [-0.4, -0.2) is 13.6 Å². The zero-order chi connectivity index (χ0) is 9.14. The average Bonchev–Trinajstić information content (AvgIpc) is 2.09. The fraction of sp³-hybridized carbons (Fsp3) is 0.556. The standard InChI is InChI=1S/C9H13NO2/c1-3-4-5-10(2)7-6-8(11)9(7)12/h6H,3-5H2,1-2H3. The van der Waals surface area contributed by atoms with Crippen molar-refractivity contribution < 1.29 is 0 Å². The van der Waals surface area contributed by atoms with Gasteiger partial charge < -0.3 is 4.90 Å². The van der Waals surface area contributed by atoms with E-state index in [1.54, 1.807) is 0 Å². The van der Waals surface area contributed by atoms with Crippen molar-refractivity contribution in [2.45, 2.75) is 19.8 Å². The molecule has 0 unspecified atom stereocenters. The summed E-state index contributed by atoms with van der Waals surface area (Å²) >= 11 is 0. The average molecular weight is 167 g/mol. The predicted molar refractivity (Wildman–Crippen MR) is 49.5 cm³/mol. The van der Waals surface area contributed by atoms with Crippen molar-refractivity contribution in [2.75, 3.05) is 18.5 Å². The Balaban J connectivity index is 2.56. The van der Waals surface area contributed by atoms with Crippen molar-refractivity contribution in [3.8, 4) is 0 Å². The van der Waals surface area contributed by atoms with Crippen LogP contribution in [0.3, 0.4) is 0 Å². The topological polar surface area (TPSA) is 37.4 Å². The lowest BCUT2D eigenvalue weighted by Gasteiger charge is -2.18. The van der Waals surface area contributed by atoms with Gasteiger partial charge in [0, 0.05) is 19.7 Å². The lowest BCUT2D eigenvalue weighted by molar-refractivity contribution is 0.763. The molecule has 0 radical (unpaired) electrons. The van der Waals surface area contributed by atoms with Gasteiger partial charge in [0.1, 0.15) is 0 Å². The first-order chi connectivity index (χ1) is 5.66. The van der Waals surface area contributed by atoms with E-state index < -0.39 is 0 Å². The maximum absolute atomic E-state index is 10.9. The van der Waals surface area contributed by atoms with Crippen LogP contribution in [0.25, 0.3) is 0 Å². The highest BCUT2D eigenvalue weighted by atomic mass is 16.2. The third-order valence-electron chi connectivity index (χ3n) is 1.98. The van der Waals surface area contributed by atoms with Crippen LogP contribution in [0.1, 0.15) is 19.8 Å². The Bertz CT molecular complexity index is 323. The third kappa shape index (κ3) is 1.55. The molecule has 1 aromatic carbocycles. The van der Waals surface area contributed by atoms with Gasteiger partial charge in [0.25, 0.3) is 0 Å². The molecule has 0 amide bonds. The molecule has 0 aliphatic rings. The quantitative estimate of drug-likeness (QED) is 0.613. The fourth-order valence-electron chi connectivity index (χ4n) is 1.10. The van der Waals surface area contributed by atoms with E-state index in [1.165, 1.54) is 6.07 Å². The lowest BCUT2D eigenvalue weighted by Crippen LogP contribution is -2.37. The number of unbranched alkanes of at least 4 members (excludes halogenated alkanes) is 1. The maximum atomic E-state index is 10.9. The summed E-state index contributed by atoms with van der Waals surface area (Å²) in [7, 11) is 1.84. The minimum Gasteiger partial charge on any atom is -0.371 e. The van der Waals surface area contributed by atoms with E-state index >= 15 is 0 Å². The van der Waals surface area contributed by atoms with E-state index in [1.807, 2.05) is 11.9 Å². The van der Waals surface area contributed by atoms with Crippen LogP contribution in [0, 0.1) is 0 Å². The van der Waals surface area contributed by atoms with Crippen LogP contribution in [-0.2, 0) is 0 Å². The molecule has 0 saturated heterocycles. The molecule has 0 spiro atoms. The third-order valence-corrected chi connectivity index (χ3v) is 1.98. The van der Waals surface area contributed by atoms with Crippen molar-refractivity contribution in [1.29, 1.82) is 0 Å². The van der Waals surface area contributed by atoms with Gasteiger partial charge in [0.05, 0.1) is 5.69 Å². The SMILES string of the molecule is CCCCN(C)c1cc(=O)c1=O. The van der Waals surface area contributed by atoms with Crippen molar-refractivity contribution >= 4 is 5.69 Å². The number of hydrogen-bond acceptors (Lipinski definition) is 3. The molecule has 0 aliphatic heterocycles. The second-order valence-corrected chi connectivity index (χ2v) is 3.00. The summed E-state index contributed by atoms with van der Waals surface area (Å²) in [6.45, 7) is 2.94. The highest BCUT2D eigenvalue weighted by molar-refractivity contribution is 5.49. The van der Waals surface area contributed by atoms with E-state index in [4.69, 9.17) is 0 Å². The molecule has 12 heavy (non-hydrogen) atoms. The Morgan fingerprint density at radius 2 is 2.08 bits per heavy atom. The van der Waals surface area contributed by atoms with Crippen LogP contribution in [0.4, 0.5) is 5.69 Å². The number of anilines is 1. The van der Waals surface area contributed by atoms with Crippen LogP contribution < -0.4 is 15.8 Å². The molecule has 0 heterocycles. The van der Waals surface area contributed by atoms with Gasteiger partial charge in [-0.2, -0.15) is 0 Å². The van der Waals surface area contributed by atoms with Crippen molar-refractivity contribution in [3.63, 3.8) is 0 Å². The molecule has 0 fully saturated rings. The summed E-state index contributed by atoms with van der Waals surface area (Å²) in [5.74, 6) is 0. The van der Waals surface area contributed by atoms with E-state index in [0.29, 0.717) is 5.69 Å². The van der Waals surface area contributed by atoms with Gasteiger partial charge in [-0.3, -0.25) is 9.59 Å². The van der Waals surface area contributed by atoms with Crippen LogP contribution in [0.2, 0.25) is 0 Å². The summed E-state index contributed by atoms with van der Waals surface area (Å²) in [4.78, 5) is 23.3. The minimum atomic E-state index is -0.367. The molecule has 66 valence electrons. The Morgan fingerprint density at radius 3 is 2.50 bits per heavy atom. The first-order valence-electron chi connectivity index (χ1n) is 4.18. The van der Waals surface area contributed by atoms with Gasteiger partial charge in [-0.25, -0.2) is 0 Å². The molecule has 0 atom stereocenters. The van der Waals surface area contributed by atoms with Gasteiger partial charge in [0.15, 0.2) is 0 Å². The van der Waals surface area contributed by atoms with Crippen LogP contribution in [0.15, 0.2) is 15.7 Å². The van der Waals surface area contributed by atoms with E-state index in [2.05, 4.69) is 6.92 Å². The summed E-state index contributed by atoms with van der Waals surface area (Å²) in [5, 5.41) is 0. The zero-order valence-electron chi connectivity index (χ0n) is 7.46. The highest BCUT2D eigenvalue weighted by Crippen LogP contribution is 2.04. The molecule has 0 N–H and O–H groups in total. The fourth-order valence-corrected chi connectivity index (χ4v) is 1.10. The van der Waals surface area contributed by atoms with Gasteiger partial charge >= 0.3 is 0 Å². The van der Waals surface area contributed by atoms with Crippen LogP contribution in [0.5, 0.6) is 0 Å². The van der Waals surface area contributed by atoms with Gasteiger partial charge in [-0.05, 0) is 6.42 Å². The summed E-state index contributed by atoms with van der Waals surface area (Å²) in [6, 6.07) is 1.40. The normalized spacial score (nSPS) is 10.5. The smallest absolute Gasteiger partial charge is 0.249 e. The molecule has 3 heteroatoms. The Labute approximate surface area is 71.3 Å². The van der Waals surface area contributed by atoms with Crippen molar-refractivity contribution in [3.05, 3.63) is 26.5 Å². The zero-order valence-corrected chi connectivity index (χ0v) is 7.46. The Kier molecular flexibility index (Phi) is 2.63. The first-order valence-corrected chi connectivity index (χ1v) is 4.18. The first kappa shape index (κ1) is 8.97. The highest BCUT2D eigenvalue weighted by Gasteiger charge is 2.12. The van der Waals surface area contributed by atoms with Gasteiger partial charge in [0.2, 0.25) is 10.9 Å². The minimum absolute atomic E-state index is 0.339. The lowest BCUT2D eigenvalue weighted by atomic mass is 10.2. The second-order valence-electron chi connectivity index (χ2n) is 3.00. The second kappa shape index (κ2) is 3.52. The van der Waals surface area contributed by atoms with E-state index in [-0.39, 0.29) is 10.9 Å². The molecular formula is C9H13NO2. The predicted octanol–water partition coefficient (Wildman–Crippen LogP) is 0.519. The van der Waals surface area contributed by atoms with E-state index in [9.17, 15) is 9.59 Å².